The Balaban J connectivity index is 1.63. The van der Waals surface area contributed by atoms with Crippen molar-refractivity contribution >= 4 is 24.7 Å². The highest BCUT2D eigenvalue weighted by Crippen LogP contribution is 2.21. The summed E-state index contributed by atoms with van der Waals surface area (Å²) in [6, 6.07) is 0. The van der Waals surface area contributed by atoms with Gasteiger partial charge in [0.1, 0.15) is 0 Å². The molecule has 1 nitrogen and oxygen atoms in total. The third kappa shape index (κ3) is 4.19. The fourth-order valence-electron chi connectivity index (χ4n) is 2.07. The van der Waals surface area contributed by atoms with Gasteiger partial charge < -0.3 is 4.74 Å². The van der Waals surface area contributed by atoms with E-state index in [1.54, 1.807) is 0 Å². The second-order valence-electron chi connectivity index (χ2n) is 4.17. The quantitative estimate of drug-likeness (QED) is 0.713. The Morgan fingerprint density at radius 1 is 1.27 bits per heavy atom. The molecule has 0 spiro atoms. The average molecular weight is 318 g/mol. The minimum absolute atomic E-state index is 0.236. The molecule has 2 aliphatic rings. The molecule has 1 fully saturated rings. The fourth-order valence-corrected chi connectivity index (χ4v) is 3.65. The lowest BCUT2D eigenvalue weighted by Gasteiger charge is -2.22. The summed E-state index contributed by atoms with van der Waals surface area (Å²) in [6.45, 7) is 0.910. The Kier molecular flexibility index (Phi) is 5.06. The van der Waals surface area contributed by atoms with Crippen molar-refractivity contribution in [1.29, 1.82) is 0 Å². The zero-order chi connectivity index (χ0) is 10.3. The number of hydrogen-bond donors (Lipinski definition) is 0. The van der Waals surface area contributed by atoms with Crippen molar-refractivity contribution in [2.24, 2.45) is 0 Å². The Labute approximate surface area is 102 Å². The molecule has 0 aromatic carbocycles. The monoisotopic (exact) mass is 318 g/mol. The van der Waals surface area contributed by atoms with Gasteiger partial charge in [0, 0.05) is 0 Å². The smallest absolute Gasteiger partial charge is 0.0575 e. The van der Waals surface area contributed by atoms with E-state index in [9.17, 15) is 0 Å². The molecule has 2 rings (SSSR count). The van der Waals surface area contributed by atoms with Crippen molar-refractivity contribution in [3.05, 3.63) is 21.8 Å². The molecule has 1 heterocycles. The Morgan fingerprint density at radius 2 is 2.13 bits per heavy atom. The van der Waals surface area contributed by atoms with Gasteiger partial charge in [0.15, 0.2) is 0 Å². The second-order valence-corrected chi connectivity index (χ2v) is 6.32. The minimum atomic E-state index is 0.236. The van der Waals surface area contributed by atoms with Crippen LogP contribution in [0.2, 0.25) is 0 Å². The highest BCUT2D eigenvalue weighted by Gasteiger charge is 2.13. The number of ether oxygens (including phenoxy) is 1. The summed E-state index contributed by atoms with van der Waals surface area (Å²) in [6.07, 6.45) is 12.9. The highest BCUT2D eigenvalue weighted by molar-refractivity contribution is 14.2. The molecule has 2 heteroatoms. The van der Waals surface area contributed by atoms with Gasteiger partial charge >= 0.3 is 0 Å². The lowest BCUT2D eigenvalue weighted by molar-refractivity contribution is 0.0306. The normalized spacial score (nSPS) is 22.3. The third-order valence-electron chi connectivity index (χ3n) is 3.00. The van der Waals surface area contributed by atoms with Crippen LogP contribution in [0.3, 0.4) is 0 Å². The van der Waals surface area contributed by atoms with Gasteiger partial charge in [0.05, 0.1) is 12.7 Å². The Morgan fingerprint density at radius 3 is 2.87 bits per heavy atom. The van der Waals surface area contributed by atoms with Crippen LogP contribution < -0.4 is 0 Å². The third-order valence-corrected chi connectivity index (χ3v) is 4.55. The van der Waals surface area contributed by atoms with E-state index in [-0.39, 0.29) is 20.7 Å². The molecule has 0 radical (unpaired) electrons. The topological polar surface area (TPSA) is 9.23 Å². The number of hydrogen-bond acceptors (Lipinski definition) is 1. The van der Waals surface area contributed by atoms with Gasteiger partial charge in [0.2, 0.25) is 0 Å². The zero-order valence-corrected chi connectivity index (χ0v) is 11.3. The number of rotatable bonds is 4. The first-order valence-corrected chi connectivity index (χ1v) is 8.37. The summed E-state index contributed by atoms with van der Waals surface area (Å²) in [5.74, 6) is 0. The first kappa shape index (κ1) is 11.5. The van der Waals surface area contributed by atoms with E-state index in [4.69, 9.17) is 4.74 Å². The summed E-state index contributed by atoms with van der Waals surface area (Å²) in [7, 11) is 0. The van der Waals surface area contributed by atoms with Crippen LogP contribution in [-0.2, 0) is 4.74 Å². The van der Waals surface area contributed by atoms with Crippen molar-refractivity contribution in [3.8, 4) is 0 Å². The molecule has 0 unspecified atom stereocenters. The standard InChI is InChI=1S/C13H19IO/c1-2-4-13(5-3-1)15-11-8-12-6-9-14-10-7-12/h6-7,9-10,13H,1-5,8,11H2. The van der Waals surface area contributed by atoms with Gasteiger partial charge in [-0.3, -0.25) is 0 Å². The average Bonchev–Trinajstić information content (AvgIpc) is 2.32. The van der Waals surface area contributed by atoms with Crippen LogP contribution in [0, 0.1) is 0 Å². The Bertz CT molecular complexity index is 272. The highest BCUT2D eigenvalue weighted by atomic mass is 127. The van der Waals surface area contributed by atoms with E-state index in [2.05, 4.69) is 20.2 Å². The molecule has 84 valence electrons. The van der Waals surface area contributed by atoms with Gasteiger partial charge in [-0.2, -0.15) is 0 Å². The van der Waals surface area contributed by atoms with E-state index in [1.807, 2.05) is 0 Å². The maximum atomic E-state index is 5.91. The van der Waals surface area contributed by atoms with Crippen LogP contribution in [0.5, 0.6) is 0 Å². The van der Waals surface area contributed by atoms with Crippen molar-refractivity contribution in [2.75, 3.05) is 6.61 Å². The lowest BCUT2D eigenvalue weighted by Crippen LogP contribution is -2.17. The summed E-state index contributed by atoms with van der Waals surface area (Å²) in [4.78, 5) is 0. The van der Waals surface area contributed by atoms with Gasteiger partial charge in [-0.05, 0) is 32.9 Å². The van der Waals surface area contributed by atoms with E-state index in [1.165, 1.54) is 37.7 Å². The lowest BCUT2D eigenvalue weighted by atomic mass is 9.98. The molecular weight excluding hydrogens is 299 g/mol. The van der Waals surface area contributed by atoms with Gasteiger partial charge in [-0.15, -0.1) is 0 Å². The van der Waals surface area contributed by atoms with Crippen LogP contribution in [0.1, 0.15) is 38.5 Å². The van der Waals surface area contributed by atoms with Crippen molar-refractivity contribution in [2.45, 2.75) is 44.6 Å². The van der Waals surface area contributed by atoms with Crippen molar-refractivity contribution < 1.29 is 4.74 Å². The van der Waals surface area contributed by atoms with Crippen LogP contribution in [-0.4, -0.2) is 16.7 Å². The molecule has 1 aliphatic heterocycles. The maximum Gasteiger partial charge on any atom is 0.0575 e. The van der Waals surface area contributed by atoms with Gasteiger partial charge in [0.25, 0.3) is 0 Å². The first-order chi connectivity index (χ1) is 7.45. The van der Waals surface area contributed by atoms with Crippen LogP contribution in [0.25, 0.3) is 0 Å². The molecule has 0 N–H and O–H groups in total. The minimum Gasteiger partial charge on any atom is -0.378 e. The molecule has 0 amide bonds. The largest absolute Gasteiger partial charge is 0.378 e. The summed E-state index contributed by atoms with van der Waals surface area (Å²) in [5.41, 5.74) is 1.44. The van der Waals surface area contributed by atoms with E-state index >= 15 is 0 Å². The molecule has 0 aromatic rings. The number of halogens is 1. The summed E-state index contributed by atoms with van der Waals surface area (Å²) < 4.78 is 10.6. The van der Waals surface area contributed by atoms with Crippen LogP contribution in [0.15, 0.2) is 21.8 Å². The second kappa shape index (κ2) is 6.59. The predicted octanol–water partition coefficient (Wildman–Crippen LogP) is 3.95. The molecule has 1 aliphatic carbocycles. The van der Waals surface area contributed by atoms with Crippen LogP contribution >= 0.6 is 20.7 Å². The molecular formula is C13H19IO. The van der Waals surface area contributed by atoms with Crippen molar-refractivity contribution in [1.82, 2.24) is 0 Å². The summed E-state index contributed by atoms with van der Waals surface area (Å²) in [5, 5.41) is 0. The first-order valence-electron chi connectivity index (χ1n) is 5.87. The van der Waals surface area contributed by atoms with Crippen LogP contribution in [0.4, 0.5) is 0 Å². The zero-order valence-electron chi connectivity index (χ0n) is 9.12. The van der Waals surface area contributed by atoms with Gasteiger partial charge in [-0.1, -0.05) is 52.1 Å². The SMILES string of the molecule is C1=CC(CCOC2CCCCC2)=CC=I1. The fraction of sp³-hybridized carbons (Fsp3) is 0.615. The molecule has 1 saturated carbocycles. The van der Waals surface area contributed by atoms with Gasteiger partial charge in [-0.25, -0.2) is 0 Å². The number of allylic oxidation sites excluding steroid dienone is 2. The maximum absolute atomic E-state index is 5.91. The molecule has 0 saturated heterocycles. The van der Waals surface area contributed by atoms with E-state index in [0.717, 1.165) is 13.0 Å². The molecule has 0 aromatic heterocycles. The summed E-state index contributed by atoms with van der Waals surface area (Å²) >= 11 is 0.236. The predicted molar refractivity (Wildman–Crippen MR) is 74.7 cm³/mol. The Hall–Kier alpha value is 0.0400. The van der Waals surface area contributed by atoms with E-state index in [0.29, 0.717) is 6.10 Å². The van der Waals surface area contributed by atoms with Crippen molar-refractivity contribution in [3.63, 3.8) is 0 Å². The molecule has 15 heavy (non-hydrogen) atoms. The molecule has 0 atom stereocenters. The van der Waals surface area contributed by atoms with E-state index < -0.39 is 0 Å². The molecule has 0 bridgehead atoms.